The summed E-state index contributed by atoms with van der Waals surface area (Å²) in [4.78, 5) is 11.0. The minimum atomic E-state index is -1.18. The number of halogens is 1. The average molecular weight is 617 g/mol. The van der Waals surface area contributed by atoms with Crippen molar-refractivity contribution in [2.75, 3.05) is 0 Å². The summed E-state index contributed by atoms with van der Waals surface area (Å²) < 4.78 is 5.59. The second-order valence-corrected chi connectivity index (χ2v) is 11.5. The molecule has 0 saturated heterocycles. The van der Waals surface area contributed by atoms with E-state index in [2.05, 4.69) is 108 Å². The Hall–Kier alpha value is -3.76. The van der Waals surface area contributed by atoms with E-state index in [1.807, 2.05) is 12.1 Å². The van der Waals surface area contributed by atoms with E-state index in [4.69, 9.17) is 21.4 Å². The summed E-state index contributed by atoms with van der Waals surface area (Å²) in [5.74, 6) is 1.49. The quantitative estimate of drug-likeness (QED) is 0.164. The number of rotatable bonds is 11. The van der Waals surface area contributed by atoms with Crippen LogP contribution in [0.5, 0.6) is 11.5 Å². The summed E-state index contributed by atoms with van der Waals surface area (Å²) in [5.41, 5.74) is 6.20. The maximum Gasteiger partial charge on any atom is 0.339 e. The van der Waals surface area contributed by atoms with Gasteiger partial charge >= 0.3 is 5.97 Å². The molecule has 0 aromatic heterocycles. The molecule has 3 atom stereocenters. The van der Waals surface area contributed by atoms with Crippen molar-refractivity contribution in [2.45, 2.75) is 91.0 Å². The first kappa shape index (κ1) is 36.4. The molecular weight excluding hydrogens is 568 g/mol. The van der Waals surface area contributed by atoms with Crippen LogP contribution in [0, 0.1) is 0 Å². The fourth-order valence-electron chi connectivity index (χ4n) is 4.31. The number of hydrogen-bond donors (Lipinski definition) is 2. The van der Waals surface area contributed by atoms with Crippen molar-refractivity contribution in [3.63, 3.8) is 0 Å². The molecule has 4 aromatic rings. The average Bonchev–Trinajstić information content (AvgIpc) is 3.07. The van der Waals surface area contributed by atoms with Crippen LogP contribution in [0.3, 0.4) is 0 Å². The van der Waals surface area contributed by atoms with E-state index in [1.165, 1.54) is 47.2 Å². The van der Waals surface area contributed by atoms with Gasteiger partial charge in [-0.05, 0) is 83.0 Å². The lowest BCUT2D eigenvalue weighted by atomic mass is 9.98. The maximum absolute atomic E-state index is 11.0. The number of ether oxygens (including phenoxy) is 1. The van der Waals surface area contributed by atoms with Crippen molar-refractivity contribution in [2.24, 2.45) is 0 Å². The van der Waals surface area contributed by atoms with Crippen molar-refractivity contribution >= 4 is 17.6 Å². The fraction of sp³-hybridized carbons (Fsp3) is 0.359. The van der Waals surface area contributed by atoms with Crippen LogP contribution >= 0.6 is 11.6 Å². The molecule has 0 bridgehead atoms. The molecule has 4 rings (SSSR count). The molecule has 0 aliphatic rings. The summed E-state index contributed by atoms with van der Waals surface area (Å²) >= 11 is 5.69. The number of aromatic carboxylic acids is 1. The van der Waals surface area contributed by atoms with Crippen LogP contribution in [-0.2, 0) is 12.5 Å². The molecule has 0 amide bonds. The van der Waals surface area contributed by atoms with Gasteiger partial charge in [0.25, 0.3) is 0 Å². The Bertz CT molecular complexity index is 1370. The van der Waals surface area contributed by atoms with E-state index >= 15 is 0 Å². The Balaban J connectivity index is 0.000000257. The Morgan fingerprint density at radius 3 is 1.57 bits per heavy atom. The van der Waals surface area contributed by atoms with Crippen molar-refractivity contribution in [1.82, 2.24) is 0 Å². The molecule has 3 unspecified atom stereocenters. The van der Waals surface area contributed by atoms with Crippen LogP contribution in [0.1, 0.15) is 117 Å². The monoisotopic (exact) mass is 616 g/mol. The Labute approximate surface area is 269 Å². The molecule has 4 nitrogen and oxygen atoms in total. The van der Waals surface area contributed by atoms with Crippen LogP contribution in [-0.4, -0.2) is 16.2 Å². The van der Waals surface area contributed by atoms with E-state index in [9.17, 15) is 9.90 Å². The Morgan fingerprint density at radius 2 is 1.14 bits per heavy atom. The van der Waals surface area contributed by atoms with Gasteiger partial charge in [0.05, 0.1) is 0 Å². The van der Waals surface area contributed by atoms with Crippen molar-refractivity contribution in [1.29, 1.82) is 0 Å². The SMILES string of the molecule is CCC(C)c1ccc(CCl)cc1.CCC(C)c1ccc(COc2ccc(O)c(C(=O)O)c2)cc1.CCC(C)c1ccccc1. The molecule has 0 fully saturated rings. The summed E-state index contributed by atoms with van der Waals surface area (Å²) in [5, 5.41) is 18.4. The lowest BCUT2D eigenvalue weighted by Gasteiger charge is -2.11. The van der Waals surface area contributed by atoms with E-state index in [-0.39, 0.29) is 11.3 Å². The van der Waals surface area contributed by atoms with Gasteiger partial charge in [-0.1, -0.05) is 120 Å². The summed E-state index contributed by atoms with van der Waals surface area (Å²) in [6.07, 6.45) is 3.52. The molecule has 236 valence electrons. The first-order chi connectivity index (χ1) is 21.1. The highest BCUT2D eigenvalue weighted by Gasteiger charge is 2.11. The van der Waals surface area contributed by atoms with E-state index in [0.717, 1.165) is 12.0 Å². The molecule has 0 saturated carbocycles. The molecule has 0 aliphatic heterocycles. The normalized spacial score (nSPS) is 12.4. The van der Waals surface area contributed by atoms with Gasteiger partial charge in [-0.25, -0.2) is 4.79 Å². The number of alkyl halides is 1. The highest BCUT2D eigenvalue weighted by molar-refractivity contribution is 6.17. The third kappa shape index (κ3) is 12.1. The molecule has 44 heavy (non-hydrogen) atoms. The number of hydrogen-bond acceptors (Lipinski definition) is 3. The van der Waals surface area contributed by atoms with Crippen molar-refractivity contribution in [3.05, 3.63) is 130 Å². The third-order valence-corrected chi connectivity index (χ3v) is 8.37. The zero-order valence-corrected chi connectivity index (χ0v) is 27.9. The lowest BCUT2D eigenvalue weighted by Crippen LogP contribution is -2.00. The van der Waals surface area contributed by atoms with Gasteiger partial charge in [0.15, 0.2) is 0 Å². The van der Waals surface area contributed by atoms with Gasteiger partial charge in [-0.2, -0.15) is 0 Å². The van der Waals surface area contributed by atoms with Gasteiger partial charge in [-0.15, -0.1) is 11.6 Å². The van der Waals surface area contributed by atoms with Gasteiger partial charge in [0.1, 0.15) is 23.7 Å². The predicted molar refractivity (Wildman–Crippen MR) is 184 cm³/mol. The fourth-order valence-corrected chi connectivity index (χ4v) is 4.49. The van der Waals surface area contributed by atoms with Crippen LogP contribution in [0.25, 0.3) is 0 Å². The van der Waals surface area contributed by atoms with Gasteiger partial charge in [0, 0.05) is 5.88 Å². The topological polar surface area (TPSA) is 66.8 Å². The zero-order valence-electron chi connectivity index (χ0n) is 27.1. The number of benzene rings is 4. The van der Waals surface area contributed by atoms with E-state index in [1.54, 1.807) is 6.07 Å². The summed E-state index contributed by atoms with van der Waals surface area (Å²) in [6, 6.07) is 31.6. The van der Waals surface area contributed by atoms with E-state index in [0.29, 0.717) is 36.0 Å². The summed E-state index contributed by atoms with van der Waals surface area (Å²) in [6.45, 7) is 13.6. The number of aromatic hydroxyl groups is 1. The van der Waals surface area contributed by atoms with Gasteiger partial charge < -0.3 is 14.9 Å². The first-order valence-electron chi connectivity index (χ1n) is 15.6. The van der Waals surface area contributed by atoms with Crippen molar-refractivity contribution in [3.8, 4) is 11.5 Å². The molecule has 0 heterocycles. The first-order valence-corrected chi connectivity index (χ1v) is 16.1. The van der Waals surface area contributed by atoms with E-state index < -0.39 is 5.97 Å². The molecule has 2 N–H and O–H groups in total. The number of carbonyl (C=O) groups is 1. The van der Waals surface area contributed by atoms with Crippen LogP contribution in [0.4, 0.5) is 0 Å². The minimum Gasteiger partial charge on any atom is -0.507 e. The maximum atomic E-state index is 11.0. The van der Waals surface area contributed by atoms with Crippen molar-refractivity contribution < 1.29 is 19.7 Å². The molecule has 0 aliphatic carbocycles. The molecule has 0 radical (unpaired) electrons. The predicted octanol–water partition coefficient (Wildman–Crippen LogP) is 11.3. The molecule has 5 heteroatoms. The van der Waals surface area contributed by atoms with Crippen LogP contribution in [0.2, 0.25) is 0 Å². The molecule has 4 aromatic carbocycles. The second kappa shape index (κ2) is 19.5. The van der Waals surface area contributed by atoms with Gasteiger partial charge in [0.2, 0.25) is 0 Å². The standard InChI is InChI=1S/C18H20O4.C11H15Cl.C10H14/c1-3-12(2)14-6-4-13(5-7-14)11-22-15-8-9-17(19)16(10-15)18(20)21;1-3-9(2)11-6-4-10(8-12)5-7-11;1-3-9(2)10-7-5-4-6-8-10/h4-10,12,19H,3,11H2,1-2H3,(H,20,21);4-7,9H,3,8H2,1-2H3;4-9H,3H2,1-2H3. The second-order valence-electron chi connectivity index (χ2n) is 11.2. The Kier molecular flexibility index (Phi) is 16.1. The van der Waals surface area contributed by atoms with Crippen LogP contribution in [0.15, 0.2) is 97.1 Å². The number of carboxylic acid groups (broad SMARTS) is 1. The largest absolute Gasteiger partial charge is 0.507 e. The van der Waals surface area contributed by atoms with Crippen LogP contribution < -0.4 is 4.74 Å². The zero-order chi connectivity index (χ0) is 32.5. The van der Waals surface area contributed by atoms with Gasteiger partial charge in [-0.3, -0.25) is 0 Å². The lowest BCUT2D eigenvalue weighted by molar-refractivity contribution is 0.0693. The highest BCUT2D eigenvalue weighted by atomic mass is 35.5. The Morgan fingerprint density at radius 1 is 0.682 bits per heavy atom. The summed E-state index contributed by atoms with van der Waals surface area (Å²) in [7, 11) is 0. The highest BCUT2D eigenvalue weighted by Crippen LogP contribution is 2.25. The molecule has 0 spiro atoms. The smallest absolute Gasteiger partial charge is 0.339 e. The molecular formula is C39H49ClO4. The third-order valence-electron chi connectivity index (χ3n) is 8.06. The minimum absolute atomic E-state index is 0.162. The number of carboxylic acids is 1. The number of phenols is 1.